The lowest BCUT2D eigenvalue weighted by atomic mass is 10.1. The highest BCUT2D eigenvalue weighted by atomic mass is 16.1. The van der Waals surface area contributed by atoms with Crippen LogP contribution in [0, 0.1) is 0 Å². The predicted octanol–water partition coefficient (Wildman–Crippen LogP) is 2.40. The average molecular weight is 284 g/mol. The molecule has 5 heteroatoms. The smallest absolute Gasteiger partial charge is 0.251 e. The number of amides is 1. The zero-order valence-corrected chi connectivity index (χ0v) is 12.4. The number of nitrogens with zero attached hydrogens (tertiary/aromatic N) is 2. The second kappa shape index (κ2) is 7.38. The molecule has 2 heterocycles. The summed E-state index contributed by atoms with van der Waals surface area (Å²) >= 11 is 0. The Bertz CT molecular complexity index is 598. The van der Waals surface area contributed by atoms with Crippen molar-refractivity contribution >= 4 is 11.7 Å². The lowest BCUT2D eigenvalue weighted by molar-refractivity contribution is 0.0950. The molecule has 1 amide bonds. The van der Waals surface area contributed by atoms with Crippen molar-refractivity contribution in [3.05, 3.63) is 53.5 Å². The number of rotatable bonds is 6. The van der Waals surface area contributed by atoms with Crippen LogP contribution in [0.15, 0.2) is 36.5 Å². The number of hydrogen-bond donors (Lipinski definition) is 2. The van der Waals surface area contributed by atoms with Crippen LogP contribution < -0.4 is 10.6 Å². The van der Waals surface area contributed by atoms with E-state index in [0.29, 0.717) is 12.1 Å². The van der Waals surface area contributed by atoms with Crippen molar-refractivity contribution in [1.29, 1.82) is 0 Å². The molecule has 0 spiro atoms. The Morgan fingerprint density at radius 3 is 2.71 bits per heavy atom. The SMILES string of the molecule is CCNc1cc(C(=O)NCc2ccccn2)cc(CC)n1. The number of hydrogen-bond acceptors (Lipinski definition) is 4. The minimum absolute atomic E-state index is 0.114. The van der Waals surface area contributed by atoms with Crippen LogP contribution in [0.2, 0.25) is 0 Å². The number of aryl methyl sites for hydroxylation is 1. The Kier molecular flexibility index (Phi) is 5.26. The van der Waals surface area contributed by atoms with E-state index in [1.807, 2.05) is 38.1 Å². The number of nitrogens with one attached hydrogen (secondary N) is 2. The normalized spacial score (nSPS) is 10.2. The van der Waals surface area contributed by atoms with Crippen molar-refractivity contribution in [2.75, 3.05) is 11.9 Å². The first kappa shape index (κ1) is 15.0. The fourth-order valence-corrected chi connectivity index (χ4v) is 1.95. The van der Waals surface area contributed by atoms with Gasteiger partial charge in [0.25, 0.3) is 5.91 Å². The summed E-state index contributed by atoms with van der Waals surface area (Å²) in [4.78, 5) is 20.9. The number of pyridine rings is 2. The van der Waals surface area contributed by atoms with E-state index in [9.17, 15) is 4.79 Å². The van der Waals surface area contributed by atoms with E-state index < -0.39 is 0 Å². The molecule has 0 atom stereocenters. The molecule has 2 aromatic rings. The summed E-state index contributed by atoms with van der Waals surface area (Å²) in [6, 6.07) is 9.24. The second-order valence-electron chi connectivity index (χ2n) is 4.62. The molecule has 2 rings (SSSR count). The lowest BCUT2D eigenvalue weighted by Crippen LogP contribution is -2.23. The van der Waals surface area contributed by atoms with Crippen LogP contribution in [0.25, 0.3) is 0 Å². The maximum atomic E-state index is 12.2. The lowest BCUT2D eigenvalue weighted by Gasteiger charge is -2.09. The first-order valence-corrected chi connectivity index (χ1v) is 7.15. The number of carbonyl (C=O) groups excluding carboxylic acids is 1. The van der Waals surface area contributed by atoms with Gasteiger partial charge in [0.05, 0.1) is 12.2 Å². The van der Waals surface area contributed by atoms with Crippen LogP contribution >= 0.6 is 0 Å². The van der Waals surface area contributed by atoms with E-state index in [1.54, 1.807) is 12.3 Å². The van der Waals surface area contributed by atoms with Gasteiger partial charge in [-0.2, -0.15) is 0 Å². The highest BCUT2D eigenvalue weighted by Crippen LogP contribution is 2.11. The van der Waals surface area contributed by atoms with Crippen LogP contribution in [0.5, 0.6) is 0 Å². The van der Waals surface area contributed by atoms with Crippen molar-refractivity contribution in [3.63, 3.8) is 0 Å². The van der Waals surface area contributed by atoms with E-state index in [1.165, 1.54) is 0 Å². The zero-order chi connectivity index (χ0) is 15.1. The Hall–Kier alpha value is -2.43. The molecule has 0 unspecified atom stereocenters. The third-order valence-electron chi connectivity index (χ3n) is 3.02. The van der Waals surface area contributed by atoms with E-state index in [4.69, 9.17) is 0 Å². The van der Waals surface area contributed by atoms with Gasteiger partial charge in [0, 0.05) is 24.0 Å². The Morgan fingerprint density at radius 2 is 2.05 bits per heavy atom. The van der Waals surface area contributed by atoms with Gasteiger partial charge in [0.15, 0.2) is 0 Å². The highest BCUT2D eigenvalue weighted by Gasteiger charge is 2.09. The van der Waals surface area contributed by atoms with E-state index in [0.717, 1.165) is 30.2 Å². The average Bonchev–Trinajstić information content (AvgIpc) is 2.53. The Labute approximate surface area is 124 Å². The van der Waals surface area contributed by atoms with Crippen molar-refractivity contribution in [3.8, 4) is 0 Å². The molecule has 0 aliphatic carbocycles. The van der Waals surface area contributed by atoms with Crippen LogP contribution in [-0.4, -0.2) is 22.4 Å². The topological polar surface area (TPSA) is 66.9 Å². The van der Waals surface area contributed by atoms with E-state index >= 15 is 0 Å². The number of anilines is 1. The molecule has 0 saturated heterocycles. The van der Waals surface area contributed by atoms with Gasteiger partial charge in [0.1, 0.15) is 5.82 Å². The monoisotopic (exact) mass is 284 g/mol. The molecular weight excluding hydrogens is 264 g/mol. The quantitative estimate of drug-likeness (QED) is 0.855. The van der Waals surface area contributed by atoms with Crippen LogP contribution in [0.3, 0.4) is 0 Å². The summed E-state index contributed by atoms with van der Waals surface area (Å²) in [6.45, 7) is 5.21. The summed E-state index contributed by atoms with van der Waals surface area (Å²) in [5.74, 6) is 0.622. The Balaban J connectivity index is 2.09. The zero-order valence-electron chi connectivity index (χ0n) is 12.4. The fraction of sp³-hybridized carbons (Fsp3) is 0.312. The maximum absolute atomic E-state index is 12.2. The van der Waals surface area contributed by atoms with Crippen molar-refractivity contribution in [2.45, 2.75) is 26.8 Å². The third-order valence-corrected chi connectivity index (χ3v) is 3.02. The van der Waals surface area contributed by atoms with Crippen LogP contribution in [0.1, 0.15) is 35.6 Å². The molecule has 0 bridgehead atoms. The van der Waals surface area contributed by atoms with Gasteiger partial charge < -0.3 is 10.6 Å². The van der Waals surface area contributed by atoms with Crippen LogP contribution in [0.4, 0.5) is 5.82 Å². The predicted molar refractivity (Wildman–Crippen MR) is 83.2 cm³/mol. The first-order valence-electron chi connectivity index (χ1n) is 7.15. The summed E-state index contributed by atoms with van der Waals surface area (Å²) in [5, 5.41) is 6.03. The molecule has 2 aromatic heterocycles. The van der Waals surface area contributed by atoms with Gasteiger partial charge >= 0.3 is 0 Å². The van der Waals surface area contributed by atoms with Gasteiger partial charge in [-0.1, -0.05) is 13.0 Å². The molecule has 0 radical (unpaired) electrons. The minimum Gasteiger partial charge on any atom is -0.370 e. The van der Waals surface area contributed by atoms with Gasteiger partial charge in [-0.15, -0.1) is 0 Å². The van der Waals surface area contributed by atoms with Gasteiger partial charge in [-0.3, -0.25) is 9.78 Å². The molecule has 0 aliphatic heterocycles. The molecule has 0 aromatic carbocycles. The summed E-state index contributed by atoms with van der Waals surface area (Å²) < 4.78 is 0. The summed E-state index contributed by atoms with van der Waals surface area (Å²) in [7, 11) is 0. The molecule has 0 saturated carbocycles. The third kappa shape index (κ3) is 4.27. The van der Waals surface area contributed by atoms with Gasteiger partial charge in [-0.25, -0.2) is 4.98 Å². The largest absolute Gasteiger partial charge is 0.370 e. The first-order chi connectivity index (χ1) is 10.2. The molecule has 21 heavy (non-hydrogen) atoms. The molecule has 0 aliphatic rings. The fourth-order valence-electron chi connectivity index (χ4n) is 1.95. The van der Waals surface area contributed by atoms with Crippen LogP contribution in [-0.2, 0) is 13.0 Å². The second-order valence-corrected chi connectivity index (χ2v) is 4.62. The summed E-state index contributed by atoms with van der Waals surface area (Å²) in [6.07, 6.45) is 2.51. The standard InChI is InChI=1S/C16H20N4O/c1-3-13-9-12(10-15(20-13)17-4-2)16(21)19-11-14-7-5-6-8-18-14/h5-10H,3-4,11H2,1-2H3,(H,17,20)(H,19,21). The minimum atomic E-state index is -0.114. The van der Waals surface area contributed by atoms with Crippen molar-refractivity contribution in [1.82, 2.24) is 15.3 Å². The molecular formula is C16H20N4O. The molecule has 2 N–H and O–H groups in total. The molecule has 0 fully saturated rings. The number of carbonyl (C=O) groups is 1. The molecule has 5 nitrogen and oxygen atoms in total. The van der Waals surface area contributed by atoms with Crippen molar-refractivity contribution < 1.29 is 4.79 Å². The van der Waals surface area contributed by atoms with Gasteiger partial charge in [0.2, 0.25) is 0 Å². The van der Waals surface area contributed by atoms with Gasteiger partial charge in [-0.05, 0) is 37.6 Å². The van der Waals surface area contributed by atoms with E-state index in [2.05, 4.69) is 20.6 Å². The highest BCUT2D eigenvalue weighted by molar-refractivity contribution is 5.94. The number of aromatic nitrogens is 2. The Morgan fingerprint density at radius 1 is 1.19 bits per heavy atom. The molecule has 110 valence electrons. The van der Waals surface area contributed by atoms with E-state index in [-0.39, 0.29) is 5.91 Å². The maximum Gasteiger partial charge on any atom is 0.251 e. The summed E-state index contributed by atoms with van der Waals surface area (Å²) in [5.41, 5.74) is 2.35. The van der Waals surface area contributed by atoms with Crippen molar-refractivity contribution in [2.24, 2.45) is 0 Å².